The summed E-state index contributed by atoms with van der Waals surface area (Å²) in [6.45, 7) is 3.67. The van der Waals surface area contributed by atoms with Crippen molar-refractivity contribution in [2.75, 3.05) is 5.32 Å². The van der Waals surface area contributed by atoms with Crippen LogP contribution in [-0.4, -0.2) is 21.7 Å². The molecule has 110 valence electrons. The zero-order chi connectivity index (χ0) is 15.7. The lowest BCUT2D eigenvalue weighted by Crippen LogP contribution is -2.23. The lowest BCUT2D eigenvalue weighted by molar-refractivity contribution is -0.112. The Kier molecular flexibility index (Phi) is 3.47. The highest BCUT2D eigenvalue weighted by Gasteiger charge is 2.22. The van der Waals surface area contributed by atoms with Crippen LogP contribution in [-0.2, 0) is 4.79 Å². The van der Waals surface area contributed by atoms with Gasteiger partial charge in [0.25, 0.3) is 11.7 Å². The monoisotopic (exact) mass is 293 g/mol. The maximum Gasteiger partial charge on any atom is 0.298 e. The van der Waals surface area contributed by atoms with Crippen LogP contribution >= 0.6 is 0 Å². The van der Waals surface area contributed by atoms with E-state index >= 15 is 0 Å². The highest BCUT2D eigenvalue weighted by atomic mass is 16.2. The second-order valence-electron chi connectivity index (χ2n) is 5.17. The van der Waals surface area contributed by atoms with Crippen molar-refractivity contribution in [1.29, 1.82) is 0 Å². The first kappa shape index (κ1) is 14.0. The molecular formula is C17H15N3O2. The van der Waals surface area contributed by atoms with E-state index < -0.39 is 11.7 Å². The Hall–Kier alpha value is -2.95. The van der Waals surface area contributed by atoms with Gasteiger partial charge in [-0.3, -0.25) is 9.59 Å². The maximum absolute atomic E-state index is 12.5. The number of carbonyl (C=O) groups excluding carboxylic acids is 2. The minimum absolute atomic E-state index is 0.371. The molecule has 0 atom stereocenters. The number of aromatic nitrogens is 2. The number of hydrogen-bond acceptors (Lipinski definition) is 3. The van der Waals surface area contributed by atoms with Gasteiger partial charge in [-0.1, -0.05) is 18.2 Å². The van der Waals surface area contributed by atoms with Crippen molar-refractivity contribution in [2.24, 2.45) is 0 Å². The predicted octanol–water partition coefficient (Wildman–Crippen LogP) is 3.00. The topological polar surface area (TPSA) is 74.8 Å². The number of hydrogen-bond donors (Lipinski definition) is 2. The summed E-state index contributed by atoms with van der Waals surface area (Å²) in [4.78, 5) is 31.8. The van der Waals surface area contributed by atoms with Gasteiger partial charge < -0.3 is 10.3 Å². The first-order valence-electron chi connectivity index (χ1n) is 6.92. The lowest BCUT2D eigenvalue weighted by Gasteiger charge is -2.04. The number of benzene rings is 1. The Morgan fingerprint density at radius 2 is 1.91 bits per heavy atom. The number of rotatable bonds is 3. The number of Topliss-reactive ketones (excluding diaryl/α,β-unsaturated/α-hetero) is 1. The van der Waals surface area contributed by atoms with Crippen LogP contribution in [0.4, 0.5) is 5.82 Å². The molecule has 5 heteroatoms. The number of nitrogens with zero attached hydrogens (tertiary/aromatic N) is 1. The second kappa shape index (κ2) is 5.44. The number of amides is 1. The molecule has 2 N–H and O–H groups in total. The van der Waals surface area contributed by atoms with Crippen molar-refractivity contribution in [3.05, 3.63) is 59.4 Å². The maximum atomic E-state index is 12.5. The lowest BCUT2D eigenvalue weighted by atomic mass is 10.1. The van der Waals surface area contributed by atoms with E-state index in [0.717, 1.165) is 16.5 Å². The Morgan fingerprint density at radius 3 is 2.68 bits per heavy atom. The fraction of sp³-hybridized carbons (Fsp3) is 0.118. The molecule has 22 heavy (non-hydrogen) atoms. The Labute approximate surface area is 127 Å². The number of anilines is 1. The van der Waals surface area contributed by atoms with Crippen LogP contribution < -0.4 is 5.32 Å². The molecule has 0 bridgehead atoms. The summed E-state index contributed by atoms with van der Waals surface area (Å²) in [6, 6.07) is 11.0. The summed E-state index contributed by atoms with van der Waals surface area (Å²) < 4.78 is 0. The van der Waals surface area contributed by atoms with Crippen molar-refractivity contribution in [3.63, 3.8) is 0 Å². The van der Waals surface area contributed by atoms with E-state index in [0.29, 0.717) is 17.1 Å². The molecule has 3 rings (SSSR count). The van der Waals surface area contributed by atoms with E-state index in [9.17, 15) is 9.59 Å². The summed E-state index contributed by atoms with van der Waals surface area (Å²) >= 11 is 0. The Bertz CT molecular complexity index is 880. The fourth-order valence-electron chi connectivity index (χ4n) is 2.46. The van der Waals surface area contributed by atoms with Gasteiger partial charge >= 0.3 is 0 Å². The quantitative estimate of drug-likeness (QED) is 0.576. The predicted molar refractivity (Wildman–Crippen MR) is 85.0 cm³/mol. The molecule has 0 fully saturated rings. The van der Waals surface area contributed by atoms with Gasteiger partial charge in [-0.2, -0.15) is 0 Å². The highest BCUT2D eigenvalue weighted by molar-refractivity contribution is 6.48. The van der Waals surface area contributed by atoms with Crippen molar-refractivity contribution >= 4 is 28.4 Å². The summed E-state index contributed by atoms with van der Waals surface area (Å²) in [6.07, 6.45) is 1.59. The number of pyridine rings is 1. The third-order valence-corrected chi connectivity index (χ3v) is 3.48. The number of aryl methyl sites for hydroxylation is 2. The average molecular weight is 293 g/mol. The van der Waals surface area contributed by atoms with Gasteiger partial charge in [-0.15, -0.1) is 0 Å². The van der Waals surface area contributed by atoms with E-state index in [1.54, 1.807) is 19.2 Å². The average Bonchev–Trinajstić information content (AvgIpc) is 2.82. The molecule has 0 aliphatic heterocycles. The second-order valence-corrected chi connectivity index (χ2v) is 5.17. The van der Waals surface area contributed by atoms with Gasteiger partial charge in [0.05, 0.1) is 5.56 Å². The number of carbonyl (C=O) groups is 2. The van der Waals surface area contributed by atoms with Gasteiger partial charge in [0.2, 0.25) is 0 Å². The Balaban J connectivity index is 1.92. The largest absolute Gasteiger partial charge is 0.358 e. The number of para-hydroxylation sites is 1. The van der Waals surface area contributed by atoms with Crippen molar-refractivity contribution in [2.45, 2.75) is 13.8 Å². The molecule has 1 amide bonds. The molecule has 2 heterocycles. The SMILES string of the molecule is Cc1ccnc(NC(=O)C(=O)c2c(C)[nH]c3ccccc23)c1. The third kappa shape index (κ3) is 2.48. The number of nitrogens with one attached hydrogen (secondary N) is 2. The molecule has 3 aromatic rings. The normalized spacial score (nSPS) is 10.6. The standard InChI is InChI=1S/C17H15N3O2/c1-10-7-8-18-14(9-10)20-17(22)16(21)15-11(2)19-13-6-4-3-5-12(13)15/h3-9,19H,1-2H3,(H,18,20,22). The zero-order valence-corrected chi connectivity index (χ0v) is 12.3. The number of fused-ring (bicyclic) bond motifs is 1. The van der Waals surface area contributed by atoms with Crippen molar-refractivity contribution in [3.8, 4) is 0 Å². The van der Waals surface area contributed by atoms with Crippen LogP contribution in [0.25, 0.3) is 10.9 Å². The first-order chi connectivity index (χ1) is 10.6. The van der Waals surface area contributed by atoms with E-state index in [2.05, 4.69) is 15.3 Å². The minimum Gasteiger partial charge on any atom is -0.358 e. The first-order valence-corrected chi connectivity index (χ1v) is 6.92. The number of aromatic amines is 1. The van der Waals surface area contributed by atoms with E-state index in [1.165, 1.54) is 0 Å². The third-order valence-electron chi connectivity index (χ3n) is 3.48. The molecule has 0 aliphatic carbocycles. The summed E-state index contributed by atoms with van der Waals surface area (Å²) in [5, 5.41) is 3.30. The van der Waals surface area contributed by atoms with Crippen molar-refractivity contribution in [1.82, 2.24) is 9.97 Å². The molecule has 0 radical (unpaired) electrons. The summed E-state index contributed by atoms with van der Waals surface area (Å²) in [5.41, 5.74) is 2.88. The van der Waals surface area contributed by atoms with E-state index in [4.69, 9.17) is 0 Å². The van der Waals surface area contributed by atoms with E-state index in [1.807, 2.05) is 37.3 Å². The molecule has 0 unspecified atom stereocenters. The molecule has 0 aliphatic rings. The molecule has 5 nitrogen and oxygen atoms in total. The van der Waals surface area contributed by atoms with E-state index in [-0.39, 0.29) is 0 Å². The van der Waals surface area contributed by atoms with Crippen LogP contribution in [0.2, 0.25) is 0 Å². The molecule has 0 spiro atoms. The fourth-order valence-corrected chi connectivity index (χ4v) is 2.46. The van der Waals surface area contributed by atoms with Gasteiger partial charge in [0, 0.05) is 22.8 Å². The van der Waals surface area contributed by atoms with Gasteiger partial charge in [0.15, 0.2) is 0 Å². The van der Waals surface area contributed by atoms with Crippen LogP contribution in [0.3, 0.4) is 0 Å². The molecule has 0 saturated carbocycles. The Morgan fingerprint density at radius 1 is 1.14 bits per heavy atom. The highest BCUT2D eigenvalue weighted by Crippen LogP contribution is 2.22. The van der Waals surface area contributed by atoms with Crippen LogP contribution in [0.15, 0.2) is 42.6 Å². The number of ketones is 1. The van der Waals surface area contributed by atoms with Gasteiger partial charge in [-0.25, -0.2) is 4.98 Å². The van der Waals surface area contributed by atoms with Crippen LogP contribution in [0.5, 0.6) is 0 Å². The van der Waals surface area contributed by atoms with Crippen LogP contribution in [0.1, 0.15) is 21.6 Å². The smallest absolute Gasteiger partial charge is 0.298 e. The molecule has 0 saturated heterocycles. The zero-order valence-electron chi connectivity index (χ0n) is 12.3. The van der Waals surface area contributed by atoms with Crippen molar-refractivity contribution < 1.29 is 9.59 Å². The number of H-pyrrole nitrogens is 1. The van der Waals surface area contributed by atoms with Crippen LogP contribution in [0, 0.1) is 13.8 Å². The van der Waals surface area contributed by atoms with Gasteiger partial charge in [0.1, 0.15) is 5.82 Å². The molecule has 1 aromatic carbocycles. The van der Waals surface area contributed by atoms with Gasteiger partial charge in [-0.05, 0) is 37.6 Å². The summed E-state index contributed by atoms with van der Waals surface area (Å²) in [7, 11) is 0. The summed E-state index contributed by atoms with van der Waals surface area (Å²) in [5.74, 6) is -0.889. The molecule has 2 aromatic heterocycles. The minimum atomic E-state index is -0.689. The molecular weight excluding hydrogens is 278 g/mol.